The molecule has 1 heterocycles. The third kappa shape index (κ3) is 3.93. The van der Waals surface area contributed by atoms with Gasteiger partial charge in [0.2, 0.25) is 0 Å². The number of para-hydroxylation sites is 3. The molecule has 0 bridgehead atoms. The molecule has 5 heteroatoms. The molecular formula is C21H26N2O3. The Morgan fingerprint density at radius 2 is 1.54 bits per heavy atom. The fraction of sp³-hybridized carbons (Fsp3) is 0.381. The average molecular weight is 354 g/mol. The first-order valence-corrected chi connectivity index (χ1v) is 8.97. The van der Waals surface area contributed by atoms with Crippen LogP contribution < -0.4 is 14.4 Å². The summed E-state index contributed by atoms with van der Waals surface area (Å²) in [5.74, 6) is 1.23. The zero-order valence-electron chi connectivity index (χ0n) is 15.6. The van der Waals surface area contributed by atoms with E-state index in [9.17, 15) is 4.79 Å². The number of anilines is 1. The molecule has 3 rings (SSSR count). The number of carbonyl (C=O) groups excluding carboxylic acids is 1. The van der Waals surface area contributed by atoms with Gasteiger partial charge in [-0.1, -0.05) is 30.3 Å². The number of hydrogen-bond donors (Lipinski definition) is 0. The van der Waals surface area contributed by atoms with Gasteiger partial charge in [-0.3, -0.25) is 4.79 Å². The van der Waals surface area contributed by atoms with Crippen molar-refractivity contribution in [2.45, 2.75) is 25.9 Å². The number of rotatable bonds is 5. The van der Waals surface area contributed by atoms with Crippen LogP contribution >= 0.6 is 0 Å². The van der Waals surface area contributed by atoms with Gasteiger partial charge in [0, 0.05) is 30.9 Å². The SMILES string of the molecule is COc1ccccc1OCC(=O)N1CC(C)N(c2ccccc2)C(C)C1. The van der Waals surface area contributed by atoms with Gasteiger partial charge in [-0.15, -0.1) is 0 Å². The third-order valence-corrected chi connectivity index (χ3v) is 4.75. The Kier molecular flexibility index (Phi) is 5.66. The third-order valence-electron chi connectivity index (χ3n) is 4.75. The molecule has 0 aliphatic carbocycles. The molecule has 2 atom stereocenters. The van der Waals surface area contributed by atoms with Gasteiger partial charge in [0.15, 0.2) is 18.1 Å². The number of hydrogen-bond acceptors (Lipinski definition) is 4. The standard InChI is InChI=1S/C21H26N2O3/c1-16-13-22(14-17(2)23(16)18-9-5-4-6-10-18)21(24)15-26-20-12-8-7-11-19(20)25-3/h4-12,16-17H,13-15H2,1-3H3. The van der Waals surface area contributed by atoms with Crippen LogP contribution in [0.4, 0.5) is 5.69 Å². The number of carbonyl (C=O) groups is 1. The van der Waals surface area contributed by atoms with E-state index in [1.807, 2.05) is 47.4 Å². The Balaban J connectivity index is 1.61. The highest BCUT2D eigenvalue weighted by molar-refractivity contribution is 5.78. The number of piperazine rings is 1. The van der Waals surface area contributed by atoms with Crippen LogP contribution in [0.5, 0.6) is 11.5 Å². The van der Waals surface area contributed by atoms with Crippen molar-refractivity contribution in [1.82, 2.24) is 4.90 Å². The van der Waals surface area contributed by atoms with Crippen molar-refractivity contribution in [1.29, 1.82) is 0 Å². The van der Waals surface area contributed by atoms with Crippen LogP contribution in [0.2, 0.25) is 0 Å². The highest BCUT2D eigenvalue weighted by atomic mass is 16.5. The Morgan fingerprint density at radius 3 is 2.15 bits per heavy atom. The normalized spacial score (nSPS) is 20.0. The topological polar surface area (TPSA) is 42.0 Å². The second kappa shape index (κ2) is 8.13. The first-order chi connectivity index (χ1) is 12.6. The summed E-state index contributed by atoms with van der Waals surface area (Å²) in [4.78, 5) is 16.9. The van der Waals surface area contributed by atoms with Gasteiger partial charge in [0.25, 0.3) is 5.91 Å². The molecule has 138 valence electrons. The van der Waals surface area contributed by atoms with Crippen LogP contribution in [0.15, 0.2) is 54.6 Å². The van der Waals surface area contributed by atoms with Gasteiger partial charge in [-0.05, 0) is 38.1 Å². The molecule has 1 fully saturated rings. The van der Waals surface area contributed by atoms with Crippen molar-refractivity contribution in [3.8, 4) is 11.5 Å². The summed E-state index contributed by atoms with van der Waals surface area (Å²) < 4.78 is 11.0. The van der Waals surface area contributed by atoms with Crippen molar-refractivity contribution in [3.05, 3.63) is 54.6 Å². The molecule has 0 saturated carbocycles. The Bertz CT molecular complexity index is 723. The van der Waals surface area contributed by atoms with E-state index >= 15 is 0 Å². The van der Waals surface area contributed by atoms with Crippen LogP contribution in [0.3, 0.4) is 0 Å². The van der Waals surface area contributed by atoms with Crippen LogP contribution in [-0.2, 0) is 4.79 Å². The van der Waals surface area contributed by atoms with E-state index in [0.29, 0.717) is 24.6 Å². The molecular weight excluding hydrogens is 328 g/mol. The molecule has 1 amide bonds. The number of amides is 1. The second-order valence-electron chi connectivity index (χ2n) is 6.68. The van der Waals surface area contributed by atoms with Crippen LogP contribution in [0.25, 0.3) is 0 Å². The molecule has 0 radical (unpaired) electrons. The molecule has 2 aromatic carbocycles. The van der Waals surface area contributed by atoms with Crippen LogP contribution in [0, 0.1) is 0 Å². The zero-order valence-corrected chi connectivity index (χ0v) is 15.6. The highest BCUT2D eigenvalue weighted by Crippen LogP contribution is 2.27. The maximum atomic E-state index is 12.6. The van der Waals surface area contributed by atoms with E-state index in [-0.39, 0.29) is 24.6 Å². The minimum absolute atomic E-state index is 0.00215. The summed E-state index contributed by atoms with van der Waals surface area (Å²) in [5.41, 5.74) is 1.20. The Morgan fingerprint density at radius 1 is 0.962 bits per heavy atom. The van der Waals surface area contributed by atoms with E-state index in [4.69, 9.17) is 9.47 Å². The van der Waals surface area contributed by atoms with Gasteiger partial charge < -0.3 is 19.3 Å². The van der Waals surface area contributed by atoms with Gasteiger partial charge in [0.05, 0.1) is 7.11 Å². The summed E-state index contributed by atoms with van der Waals surface area (Å²) in [6.45, 7) is 5.71. The lowest BCUT2D eigenvalue weighted by Gasteiger charge is -2.45. The van der Waals surface area contributed by atoms with Gasteiger partial charge >= 0.3 is 0 Å². The molecule has 26 heavy (non-hydrogen) atoms. The zero-order chi connectivity index (χ0) is 18.5. The summed E-state index contributed by atoms with van der Waals surface area (Å²) in [6.07, 6.45) is 0. The van der Waals surface area contributed by atoms with Crippen molar-refractivity contribution in [2.75, 3.05) is 31.7 Å². The molecule has 2 aromatic rings. The fourth-order valence-electron chi connectivity index (χ4n) is 3.60. The number of nitrogens with zero attached hydrogens (tertiary/aromatic N) is 2. The van der Waals surface area contributed by atoms with Gasteiger partial charge in [-0.2, -0.15) is 0 Å². The smallest absolute Gasteiger partial charge is 0.260 e. The molecule has 1 saturated heterocycles. The van der Waals surface area contributed by atoms with E-state index < -0.39 is 0 Å². The highest BCUT2D eigenvalue weighted by Gasteiger charge is 2.32. The quantitative estimate of drug-likeness (QED) is 0.827. The first-order valence-electron chi connectivity index (χ1n) is 8.97. The predicted octanol–water partition coefficient (Wildman–Crippen LogP) is 3.20. The van der Waals surface area contributed by atoms with E-state index in [0.717, 1.165) is 0 Å². The molecule has 2 unspecified atom stereocenters. The minimum Gasteiger partial charge on any atom is -0.493 e. The maximum Gasteiger partial charge on any atom is 0.260 e. The van der Waals surface area contributed by atoms with Crippen LogP contribution in [0.1, 0.15) is 13.8 Å². The van der Waals surface area contributed by atoms with Crippen molar-refractivity contribution in [3.63, 3.8) is 0 Å². The van der Waals surface area contributed by atoms with Crippen molar-refractivity contribution in [2.24, 2.45) is 0 Å². The molecule has 1 aliphatic heterocycles. The van der Waals surface area contributed by atoms with E-state index in [1.54, 1.807) is 7.11 Å². The lowest BCUT2D eigenvalue weighted by molar-refractivity contribution is -0.134. The maximum absolute atomic E-state index is 12.6. The molecule has 0 N–H and O–H groups in total. The minimum atomic E-state index is 0.00215. The lowest BCUT2D eigenvalue weighted by atomic mass is 10.1. The summed E-state index contributed by atoms with van der Waals surface area (Å²) in [7, 11) is 1.59. The number of benzene rings is 2. The second-order valence-corrected chi connectivity index (χ2v) is 6.68. The molecule has 5 nitrogen and oxygen atoms in total. The largest absolute Gasteiger partial charge is 0.493 e. The number of ether oxygens (including phenoxy) is 2. The fourth-order valence-corrected chi connectivity index (χ4v) is 3.60. The lowest BCUT2D eigenvalue weighted by Crippen LogP contribution is -2.59. The summed E-state index contributed by atoms with van der Waals surface area (Å²) in [6, 6.07) is 18.2. The van der Waals surface area contributed by atoms with E-state index in [1.165, 1.54) is 5.69 Å². The van der Waals surface area contributed by atoms with Crippen molar-refractivity contribution >= 4 is 11.6 Å². The molecule has 0 aromatic heterocycles. The Hall–Kier alpha value is -2.69. The summed E-state index contributed by atoms with van der Waals surface area (Å²) >= 11 is 0. The Labute approximate surface area is 155 Å². The van der Waals surface area contributed by atoms with Gasteiger partial charge in [-0.25, -0.2) is 0 Å². The molecule has 0 spiro atoms. The van der Waals surface area contributed by atoms with Crippen molar-refractivity contribution < 1.29 is 14.3 Å². The predicted molar refractivity (Wildman–Crippen MR) is 103 cm³/mol. The van der Waals surface area contributed by atoms with E-state index in [2.05, 4.69) is 30.9 Å². The monoisotopic (exact) mass is 354 g/mol. The van der Waals surface area contributed by atoms with Gasteiger partial charge in [0.1, 0.15) is 0 Å². The molecule has 1 aliphatic rings. The number of methoxy groups -OCH3 is 1. The van der Waals surface area contributed by atoms with Crippen LogP contribution in [-0.4, -0.2) is 49.7 Å². The average Bonchev–Trinajstić information content (AvgIpc) is 2.66. The summed E-state index contributed by atoms with van der Waals surface area (Å²) in [5, 5.41) is 0. The first kappa shape index (κ1) is 18.1.